The molecule has 18 heavy (non-hydrogen) atoms. The third-order valence-corrected chi connectivity index (χ3v) is 3.69. The van der Waals surface area contributed by atoms with Gasteiger partial charge < -0.3 is 0 Å². The number of hydrogen-bond acceptors (Lipinski definition) is 1. The van der Waals surface area contributed by atoms with Crippen molar-refractivity contribution in [2.75, 3.05) is 0 Å². The molecule has 1 unspecified atom stereocenters. The molecule has 0 fully saturated rings. The van der Waals surface area contributed by atoms with Gasteiger partial charge in [0.25, 0.3) is 0 Å². The molecular formula is C17H13N. The van der Waals surface area contributed by atoms with Gasteiger partial charge in [0.05, 0.1) is 6.07 Å². The van der Waals surface area contributed by atoms with Gasteiger partial charge in [-0.2, -0.15) is 5.26 Å². The summed E-state index contributed by atoms with van der Waals surface area (Å²) < 4.78 is 0. The lowest BCUT2D eigenvalue weighted by Gasteiger charge is -2.11. The topological polar surface area (TPSA) is 23.8 Å². The molecule has 1 nitrogen and oxygen atoms in total. The van der Waals surface area contributed by atoms with Crippen LogP contribution in [0.1, 0.15) is 18.1 Å². The van der Waals surface area contributed by atoms with E-state index in [2.05, 4.69) is 25.1 Å². The highest BCUT2D eigenvalue weighted by Gasteiger charge is 2.53. The lowest BCUT2D eigenvalue weighted by molar-refractivity contribution is 0.964. The van der Waals surface area contributed by atoms with Gasteiger partial charge in [0, 0.05) is 0 Å². The van der Waals surface area contributed by atoms with Crippen LogP contribution >= 0.6 is 0 Å². The van der Waals surface area contributed by atoms with Crippen LogP contribution in [-0.2, 0) is 5.41 Å². The highest BCUT2D eigenvalue weighted by atomic mass is 14.5. The van der Waals surface area contributed by atoms with Gasteiger partial charge in [0.2, 0.25) is 0 Å². The number of allylic oxidation sites excluding steroid dienone is 2. The average Bonchev–Trinajstić information content (AvgIpc) is 3.07. The van der Waals surface area contributed by atoms with Gasteiger partial charge in [-0.25, -0.2) is 0 Å². The normalized spacial score (nSPS) is 21.6. The van der Waals surface area contributed by atoms with Crippen molar-refractivity contribution >= 4 is 5.57 Å². The molecule has 2 aromatic carbocycles. The van der Waals surface area contributed by atoms with Crippen LogP contribution in [-0.4, -0.2) is 0 Å². The molecule has 3 rings (SSSR count). The average molecular weight is 231 g/mol. The summed E-state index contributed by atoms with van der Waals surface area (Å²) in [6, 6.07) is 22.7. The minimum absolute atomic E-state index is 0.497. The zero-order valence-corrected chi connectivity index (χ0v) is 10.2. The standard InChI is InChI=1S/C17H13N/c1-13-16(14-8-4-2-5-9-14)17(13,12-18)15-10-6-3-7-11-15/h2-11H,1H3. The second kappa shape index (κ2) is 3.85. The molecule has 86 valence electrons. The van der Waals surface area contributed by atoms with Crippen LogP contribution < -0.4 is 0 Å². The highest BCUT2D eigenvalue weighted by molar-refractivity contribution is 5.98. The Labute approximate surface area is 107 Å². The lowest BCUT2D eigenvalue weighted by Crippen LogP contribution is -2.09. The number of nitriles is 1. The maximum absolute atomic E-state index is 9.62. The van der Waals surface area contributed by atoms with Crippen LogP contribution in [0, 0.1) is 11.3 Å². The van der Waals surface area contributed by atoms with Crippen LogP contribution in [0.2, 0.25) is 0 Å². The Kier molecular flexibility index (Phi) is 2.31. The molecule has 0 radical (unpaired) electrons. The Morgan fingerprint density at radius 1 is 0.889 bits per heavy atom. The maximum atomic E-state index is 9.62. The smallest absolute Gasteiger partial charge is 0.129 e. The highest BCUT2D eigenvalue weighted by Crippen LogP contribution is 2.58. The SMILES string of the molecule is CC1=C(c2ccccc2)C1(C#N)c1ccccc1. The summed E-state index contributed by atoms with van der Waals surface area (Å²) in [4.78, 5) is 0. The first-order valence-electron chi connectivity index (χ1n) is 6.04. The van der Waals surface area contributed by atoms with E-state index in [-0.39, 0.29) is 0 Å². The molecule has 0 aliphatic heterocycles. The first-order valence-corrected chi connectivity index (χ1v) is 6.04. The molecule has 0 heterocycles. The van der Waals surface area contributed by atoms with Gasteiger partial charge in [0.15, 0.2) is 0 Å². The predicted molar refractivity (Wildman–Crippen MR) is 72.8 cm³/mol. The Hall–Kier alpha value is -2.33. The molecule has 0 saturated carbocycles. The fraction of sp³-hybridized carbons (Fsp3) is 0.118. The second-order valence-corrected chi connectivity index (χ2v) is 4.59. The van der Waals surface area contributed by atoms with Gasteiger partial charge in [-0.15, -0.1) is 0 Å². The van der Waals surface area contributed by atoms with E-state index in [1.54, 1.807) is 0 Å². The van der Waals surface area contributed by atoms with Gasteiger partial charge in [-0.05, 0) is 29.2 Å². The fourth-order valence-corrected chi connectivity index (χ4v) is 2.70. The molecule has 0 bridgehead atoms. The number of nitrogens with zero attached hydrogens (tertiary/aromatic N) is 1. The quantitative estimate of drug-likeness (QED) is 0.768. The van der Waals surface area contributed by atoms with E-state index in [1.807, 2.05) is 48.5 Å². The molecule has 1 aliphatic carbocycles. The zero-order chi connectivity index (χ0) is 12.6. The molecule has 1 heteroatoms. The summed E-state index contributed by atoms with van der Waals surface area (Å²) >= 11 is 0. The monoisotopic (exact) mass is 231 g/mol. The van der Waals surface area contributed by atoms with Crippen LogP contribution in [0.4, 0.5) is 0 Å². The lowest BCUT2D eigenvalue weighted by atomic mass is 9.88. The first-order chi connectivity index (χ1) is 8.80. The first kappa shape index (κ1) is 10.8. The van der Waals surface area contributed by atoms with Crippen molar-refractivity contribution in [3.8, 4) is 6.07 Å². The van der Waals surface area contributed by atoms with Crippen molar-refractivity contribution in [2.45, 2.75) is 12.3 Å². The number of rotatable bonds is 2. The van der Waals surface area contributed by atoms with E-state index >= 15 is 0 Å². The summed E-state index contributed by atoms with van der Waals surface area (Å²) in [6.45, 7) is 2.05. The van der Waals surface area contributed by atoms with E-state index in [0.29, 0.717) is 0 Å². The minimum Gasteiger partial charge on any atom is -0.197 e. The summed E-state index contributed by atoms with van der Waals surface area (Å²) in [6.07, 6.45) is 0. The van der Waals surface area contributed by atoms with E-state index in [0.717, 1.165) is 16.7 Å². The summed E-state index contributed by atoms with van der Waals surface area (Å²) in [7, 11) is 0. The molecule has 2 aromatic rings. The van der Waals surface area contributed by atoms with E-state index < -0.39 is 5.41 Å². The van der Waals surface area contributed by atoms with Gasteiger partial charge in [0.1, 0.15) is 5.41 Å². The summed E-state index contributed by atoms with van der Waals surface area (Å²) in [5, 5.41) is 9.62. The van der Waals surface area contributed by atoms with Crippen LogP contribution in [0.3, 0.4) is 0 Å². The largest absolute Gasteiger partial charge is 0.197 e. The van der Waals surface area contributed by atoms with Gasteiger partial charge in [-0.3, -0.25) is 0 Å². The van der Waals surface area contributed by atoms with Crippen molar-refractivity contribution in [1.29, 1.82) is 5.26 Å². The third-order valence-electron chi connectivity index (χ3n) is 3.69. The summed E-state index contributed by atoms with van der Waals surface area (Å²) in [5.74, 6) is 0. The Balaban J connectivity index is 2.08. The molecule has 0 aromatic heterocycles. The van der Waals surface area contributed by atoms with Gasteiger partial charge in [-0.1, -0.05) is 60.7 Å². The van der Waals surface area contributed by atoms with Crippen LogP contribution in [0.5, 0.6) is 0 Å². The molecule has 0 amide bonds. The predicted octanol–water partition coefficient (Wildman–Crippen LogP) is 3.94. The number of benzene rings is 2. The van der Waals surface area contributed by atoms with Crippen molar-refractivity contribution in [3.63, 3.8) is 0 Å². The van der Waals surface area contributed by atoms with Gasteiger partial charge >= 0.3 is 0 Å². The maximum Gasteiger partial charge on any atom is 0.129 e. The fourth-order valence-electron chi connectivity index (χ4n) is 2.70. The Morgan fingerprint density at radius 2 is 1.44 bits per heavy atom. The second-order valence-electron chi connectivity index (χ2n) is 4.59. The Bertz CT molecular complexity index is 647. The Morgan fingerprint density at radius 3 is 2.00 bits per heavy atom. The summed E-state index contributed by atoms with van der Waals surface area (Å²) in [5.41, 5.74) is 4.06. The van der Waals surface area contributed by atoms with E-state index in [4.69, 9.17) is 0 Å². The number of hydrogen-bond donors (Lipinski definition) is 0. The van der Waals surface area contributed by atoms with Crippen LogP contribution in [0.15, 0.2) is 66.2 Å². The zero-order valence-electron chi connectivity index (χ0n) is 10.2. The van der Waals surface area contributed by atoms with E-state index in [1.165, 1.54) is 5.57 Å². The molecule has 0 saturated heterocycles. The van der Waals surface area contributed by atoms with Crippen molar-refractivity contribution in [1.82, 2.24) is 0 Å². The third kappa shape index (κ3) is 1.33. The van der Waals surface area contributed by atoms with Crippen molar-refractivity contribution in [2.24, 2.45) is 0 Å². The van der Waals surface area contributed by atoms with Crippen molar-refractivity contribution < 1.29 is 0 Å². The molecule has 0 N–H and O–H groups in total. The molecule has 1 aliphatic rings. The molecular weight excluding hydrogens is 218 g/mol. The van der Waals surface area contributed by atoms with Crippen molar-refractivity contribution in [3.05, 3.63) is 77.4 Å². The van der Waals surface area contributed by atoms with Crippen LogP contribution in [0.25, 0.3) is 5.57 Å². The van der Waals surface area contributed by atoms with E-state index in [9.17, 15) is 5.26 Å². The molecule has 1 atom stereocenters. The minimum atomic E-state index is -0.497. The molecule has 0 spiro atoms.